The van der Waals surface area contributed by atoms with Crippen molar-refractivity contribution in [3.05, 3.63) is 23.8 Å². The van der Waals surface area contributed by atoms with Crippen LogP contribution < -0.4 is 0 Å². The van der Waals surface area contributed by atoms with Crippen molar-refractivity contribution < 1.29 is 10.2 Å². The molecule has 0 unspecified atom stereocenters. The number of phenols is 2. The zero-order valence-corrected chi connectivity index (χ0v) is 9.49. The molecule has 0 atom stereocenters. The maximum absolute atomic E-state index is 9.21. The molecule has 0 aliphatic carbocycles. The van der Waals surface area contributed by atoms with Crippen molar-refractivity contribution in [2.75, 3.05) is 4.43 Å². The fourth-order valence-electron chi connectivity index (χ4n) is 1.15. The Bertz CT molecular complexity index is 274. The summed E-state index contributed by atoms with van der Waals surface area (Å²) >= 11 is 2.35. The van der Waals surface area contributed by atoms with Crippen molar-refractivity contribution in [2.24, 2.45) is 0 Å². The molecule has 1 aromatic carbocycles. The van der Waals surface area contributed by atoms with Gasteiger partial charge in [-0.25, -0.2) is 0 Å². The number of benzene rings is 1. The van der Waals surface area contributed by atoms with Crippen molar-refractivity contribution in [3.63, 3.8) is 0 Å². The van der Waals surface area contributed by atoms with Gasteiger partial charge in [0.25, 0.3) is 0 Å². The number of rotatable bonds is 4. The molecule has 13 heavy (non-hydrogen) atoms. The molecule has 0 aliphatic heterocycles. The fraction of sp³-hybridized carbons (Fsp3) is 0.400. The van der Waals surface area contributed by atoms with Crippen molar-refractivity contribution in [1.29, 1.82) is 0 Å². The summed E-state index contributed by atoms with van der Waals surface area (Å²) in [5, 5.41) is 18.3. The second-order valence-corrected chi connectivity index (χ2v) is 4.05. The minimum absolute atomic E-state index is 0.0213. The maximum Gasteiger partial charge on any atom is 0.157 e. The van der Waals surface area contributed by atoms with E-state index in [-0.39, 0.29) is 11.5 Å². The molecule has 0 bridgehead atoms. The second kappa shape index (κ2) is 5.32. The van der Waals surface area contributed by atoms with Crippen LogP contribution in [0.3, 0.4) is 0 Å². The lowest BCUT2D eigenvalue weighted by Gasteiger charge is -2.02. The number of aromatic hydroxyl groups is 2. The summed E-state index contributed by atoms with van der Waals surface area (Å²) in [6.07, 6.45) is 3.30. The first-order valence-electron chi connectivity index (χ1n) is 4.31. The monoisotopic (exact) mass is 292 g/mol. The molecule has 72 valence electrons. The van der Waals surface area contributed by atoms with Crippen molar-refractivity contribution in [2.45, 2.75) is 19.3 Å². The van der Waals surface area contributed by atoms with Gasteiger partial charge in [0, 0.05) is 0 Å². The molecule has 0 fully saturated rings. The Morgan fingerprint density at radius 1 is 1.08 bits per heavy atom. The summed E-state index contributed by atoms with van der Waals surface area (Å²) in [6.45, 7) is 0. The average molecular weight is 292 g/mol. The number of alkyl halides is 1. The van der Waals surface area contributed by atoms with Gasteiger partial charge in [-0.3, -0.25) is 0 Å². The zero-order chi connectivity index (χ0) is 9.68. The first kappa shape index (κ1) is 10.6. The van der Waals surface area contributed by atoms with Crippen LogP contribution >= 0.6 is 22.6 Å². The van der Waals surface area contributed by atoms with Gasteiger partial charge in [-0.2, -0.15) is 0 Å². The molecule has 0 saturated carbocycles. The largest absolute Gasteiger partial charge is 0.504 e. The predicted octanol–water partition coefficient (Wildman–Crippen LogP) is 2.86. The van der Waals surface area contributed by atoms with Crippen LogP contribution in [-0.2, 0) is 6.42 Å². The lowest BCUT2D eigenvalue weighted by molar-refractivity contribution is 0.403. The molecule has 0 radical (unpaired) electrons. The van der Waals surface area contributed by atoms with E-state index in [0.717, 1.165) is 18.4 Å². The Labute approximate surface area is 91.7 Å². The van der Waals surface area contributed by atoms with Gasteiger partial charge in [0.05, 0.1) is 0 Å². The summed E-state index contributed by atoms with van der Waals surface area (Å²) in [7, 11) is 0. The highest BCUT2D eigenvalue weighted by Crippen LogP contribution is 2.25. The molecule has 1 rings (SSSR count). The summed E-state index contributed by atoms with van der Waals surface area (Å²) in [6, 6.07) is 5.01. The molecule has 0 aromatic heterocycles. The number of aryl methyl sites for hydroxylation is 1. The number of phenolic OH excluding ortho intramolecular Hbond substituents is 2. The van der Waals surface area contributed by atoms with Crippen LogP contribution in [0, 0.1) is 0 Å². The molecular weight excluding hydrogens is 279 g/mol. The van der Waals surface area contributed by atoms with Gasteiger partial charge in [-0.15, -0.1) is 0 Å². The average Bonchev–Trinajstić information content (AvgIpc) is 2.12. The first-order valence-corrected chi connectivity index (χ1v) is 5.83. The number of unbranched alkanes of at least 4 members (excludes halogenated alkanes) is 1. The molecular formula is C10H13IO2. The van der Waals surface area contributed by atoms with Gasteiger partial charge in [0.2, 0.25) is 0 Å². The van der Waals surface area contributed by atoms with Crippen molar-refractivity contribution >= 4 is 22.6 Å². The van der Waals surface area contributed by atoms with Crippen LogP contribution in [0.15, 0.2) is 18.2 Å². The van der Waals surface area contributed by atoms with Gasteiger partial charge in [0.1, 0.15) is 0 Å². The summed E-state index contributed by atoms with van der Waals surface area (Å²) in [5.41, 5.74) is 1.08. The highest BCUT2D eigenvalue weighted by atomic mass is 127. The van der Waals surface area contributed by atoms with E-state index in [1.807, 2.05) is 6.07 Å². The van der Waals surface area contributed by atoms with Crippen LogP contribution in [0.25, 0.3) is 0 Å². The van der Waals surface area contributed by atoms with E-state index in [1.165, 1.54) is 16.9 Å². The topological polar surface area (TPSA) is 40.5 Å². The Hall–Kier alpha value is -0.450. The molecule has 0 amide bonds. The Morgan fingerprint density at radius 3 is 2.46 bits per heavy atom. The third-order valence-electron chi connectivity index (χ3n) is 1.89. The number of hydrogen-bond acceptors (Lipinski definition) is 2. The van der Waals surface area contributed by atoms with E-state index in [1.54, 1.807) is 6.07 Å². The highest BCUT2D eigenvalue weighted by Gasteiger charge is 1.99. The van der Waals surface area contributed by atoms with Crippen molar-refractivity contribution in [3.8, 4) is 11.5 Å². The van der Waals surface area contributed by atoms with Crippen LogP contribution in [0.5, 0.6) is 11.5 Å². The van der Waals surface area contributed by atoms with E-state index in [9.17, 15) is 5.11 Å². The lowest BCUT2D eigenvalue weighted by Crippen LogP contribution is -1.85. The van der Waals surface area contributed by atoms with Crippen LogP contribution in [0.4, 0.5) is 0 Å². The van der Waals surface area contributed by atoms with Crippen LogP contribution in [0.1, 0.15) is 18.4 Å². The quantitative estimate of drug-likeness (QED) is 0.388. The van der Waals surface area contributed by atoms with E-state index in [4.69, 9.17) is 5.11 Å². The van der Waals surface area contributed by atoms with E-state index in [2.05, 4.69) is 22.6 Å². The van der Waals surface area contributed by atoms with E-state index >= 15 is 0 Å². The maximum atomic E-state index is 9.21. The first-order chi connectivity index (χ1) is 6.24. The van der Waals surface area contributed by atoms with Gasteiger partial charge < -0.3 is 10.2 Å². The Kier molecular flexibility index (Phi) is 4.35. The molecule has 0 spiro atoms. The second-order valence-electron chi connectivity index (χ2n) is 2.97. The molecule has 1 aromatic rings. The standard InChI is InChI=1S/C10H13IO2/c11-6-2-1-3-8-4-5-9(12)10(13)7-8/h4-5,7,12-13H,1-3,6H2. The molecule has 0 saturated heterocycles. The summed E-state index contributed by atoms with van der Waals surface area (Å²) in [5.74, 6) is -0.0652. The number of hydrogen-bond donors (Lipinski definition) is 2. The lowest BCUT2D eigenvalue weighted by atomic mass is 10.1. The van der Waals surface area contributed by atoms with E-state index in [0.29, 0.717) is 0 Å². The van der Waals surface area contributed by atoms with Crippen LogP contribution in [-0.4, -0.2) is 14.6 Å². The SMILES string of the molecule is Oc1ccc(CCCCI)cc1O. The molecule has 0 aliphatic rings. The molecule has 0 heterocycles. The minimum Gasteiger partial charge on any atom is -0.504 e. The minimum atomic E-state index is -0.0439. The number of halogens is 1. The Morgan fingerprint density at radius 2 is 1.85 bits per heavy atom. The van der Waals surface area contributed by atoms with Gasteiger partial charge in [-0.1, -0.05) is 28.7 Å². The summed E-state index contributed by atoms with van der Waals surface area (Å²) in [4.78, 5) is 0. The fourth-order valence-corrected chi connectivity index (χ4v) is 1.69. The van der Waals surface area contributed by atoms with Gasteiger partial charge in [-0.05, 0) is 41.4 Å². The Balaban J connectivity index is 2.53. The van der Waals surface area contributed by atoms with Crippen molar-refractivity contribution in [1.82, 2.24) is 0 Å². The third-order valence-corrected chi connectivity index (χ3v) is 2.65. The smallest absolute Gasteiger partial charge is 0.157 e. The zero-order valence-electron chi connectivity index (χ0n) is 7.33. The predicted molar refractivity (Wildman–Crippen MR) is 61.6 cm³/mol. The van der Waals surface area contributed by atoms with Crippen LogP contribution in [0.2, 0.25) is 0 Å². The third kappa shape index (κ3) is 3.42. The molecule has 2 N–H and O–H groups in total. The highest BCUT2D eigenvalue weighted by molar-refractivity contribution is 14.1. The van der Waals surface area contributed by atoms with E-state index < -0.39 is 0 Å². The molecule has 2 nitrogen and oxygen atoms in total. The normalized spacial score (nSPS) is 10.2. The summed E-state index contributed by atoms with van der Waals surface area (Å²) < 4.78 is 1.17. The molecule has 3 heteroatoms. The van der Waals surface area contributed by atoms with Gasteiger partial charge in [0.15, 0.2) is 11.5 Å². The van der Waals surface area contributed by atoms with Gasteiger partial charge >= 0.3 is 0 Å².